The van der Waals surface area contributed by atoms with Crippen molar-refractivity contribution in [1.29, 1.82) is 0 Å². The summed E-state index contributed by atoms with van der Waals surface area (Å²) >= 11 is 0. The first kappa shape index (κ1) is 17.6. The van der Waals surface area contributed by atoms with E-state index >= 15 is 0 Å². The molecule has 0 aliphatic heterocycles. The highest BCUT2D eigenvalue weighted by atomic mass is 32.2. The summed E-state index contributed by atoms with van der Waals surface area (Å²) in [6.45, 7) is 6.17. The van der Waals surface area contributed by atoms with Crippen molar-refractivity contribution in [3.05, 3.63) is 12.7 Å². The Morgan fingerprint density at radius 2 is 2.05 bits per heavy atom. The van der Waals surface area contributed by atoms with Gasteiger partial charge >= 0.3 is 0 Å². The normalized spacial score (nSPS) is 13.6. The van der Waals surface area contributed by atoms with Crippen LogP contribution in [0.15, 0.2) is 12.7 Å². The Bertz CT molecular complexity index is 541. The molecular formula is C12H23N5O3S. The molecule has 1 atom stereocenters. The second-order valence-electron chi connectivity index (χ2n) is 5.16. The predicted octanol–water partition coefficient (Wildman–Crippen LogP) is 0.0154. The zero-order valence-electron chi connectivity index (χ0n) is 12.9. The number of hydrogen-bond donors (Lipinski definition) is 1. The van der Waals surface area contributed by atoms with Crippen molar-refractivity contribution >= 4 is 15.9 Å². The van der Waals surface area contributed by atoms with Gasteiger partial charge in [0.1, 0.15) is 18.7 Å². The van der Waals surface area contributed by atoms with E-state index in [0.29, 0.717) is 19.5 Å². The topological polar surface area (TPSA) is 97.2 Å². The molecule has 0 bridgehead atoms. The van der Waals surface area contributed by atoms with E-state index < -0.39 is 16.1 Å². The number of nitrogens with zero attached hydrogens (tertiary/aromatic N) is 4. The van der Waals surface area contributed by atoms with Crippen molar-refractivity contribution in [3.8, 4) is 0 Å². The maximum absolute atomic E-state index is 11.9. The van der Waals surface area contributed by atoms with Gasteiger partial charge in [-0.2, -0.15) is 9.40 Å². The van der Waals surface area contributed by atoms with Crippen LogP contribution in [0.2, 0.25) is 0 Å². The summed E-state index contributed by atoms with van der Waals surface area (Å²) in [5.41, 5.74) is 0. The molecular weight excluding hydrogens is 294 g/mol. The Kier molecular flexibility index (Phi) is 6.28. The van der Waals surface area contributed by atoms with Gasteiger partial charge in [-0.3, -0.25) is 4.79 Å². The number of hydrogen-bond acceptors (Lipinski definition) is 5. The van der Waals surface area contributed by atoms with Gasteiger partial charge in [0.15, 0.2) is 0 Å². The molecule has 1 aromatic heterocycles. The molecule has 0 aromatic carbocycles. The van der Waals surface area contributed by atoms with E-state index in [0.717, 1.165) is 0 Å². The number of rotatable bonds is 8. The van der Waals surface area contributed by atoms with Crippen molar-refractivity contribution < 1.29 is 13.2 Å². The second kappa shape index (κ2) is 7.51. The van der Waals surface area contributed by atoms with Gasteiger partial charge in [0.25, 0.3) is 0 Å². The average molecular weight is 317 g/mol. The smallest absolute Gasteiger partial charge is 0.244 e. The lowest BCUT2D eigenvalue weighted by Gasteiger charge is -2.24. The monoisotopic (exact) mass is 317 g/mol. The fraction of sp³-hybridized carbons (Fsp3) is 0.750. The summed E-state index contributed by atoms with van der Waals surface area (Å²) in [5.74, 6) is -0.170. The van der Waals surface area contributed by atoms with Crippen LogP contribution in [0.4, 0.5) is 0 Å². The third-order valence-electron chi connectivity index (χ3n) is 3.07. The van der Waals surface area contributed by atoms with E-state index in [-0.39, 0.29) is 11.9 Å². The van der Waals surface area contributed by atoms with Crippen LogP contribution in [0.1, 0.15) is 33.2 Å². The molecule has 0 spiro atoms. The van der Waals surface area contributed by atoms with Gasteiger partial charge in [-0.05, 0) is 27.2 Å². The van der Waals surface area contributed by atoms with Crippen LogP contribution in [0.25, 0.3) is 0 Å². The highest BCUT2D eigenvalue weighted by Gasteiger charge is 2.20. The molecule has 0 aliphatic rings. The minimum atomic E-state index is -3.22. The standard InChI is InChI=1S/C12H23N5O3S/c1-10(2)17(21(4,19)20)7-5-6-14-12(18)11(3)16-9-13-8-15-16/h8-11H,5-7H2,1-4H3,(H,14,18)/t11-/m1/s1. The van der Waals surface area contributed by atoms with Crippen molar-refractivity contribution in [2.24, 2.45) is 0 Å². The molecule has 0 aliphatic carbocycles. The molecule has 0 radical (unpaired) electrons. The molecule has 0 fully saturated rings. The first-order valence-corrected chi connectivity index (χ1v) is 8.67. The number of carbonyl (C=O) groups is 1. The van der Waals surface area contributed by atoms with E-state index in [1.165, 1.54) is 27.9 Å². The van der Waals surface area contributed by atoms with E-state index in [9.17, 15) is 13.2 Å². The average Bonchev–Trinajstić information content (AvgIpc) is 2.88. The van der Waals surface area contributed by atoms with Gasteiger partial charge < -0.3 is 5.32 Å². The molecule has 21 heavy (non-hydrogen) atoms. The Labute approximate surface area is 125 Å². The first-order valence-electron chi connectivity index (χ1n) is 6.82. The quantitative estimate of drug-likeness (QED) is 0.682. The van der Waals surface area contributed by atoms with Crippen molar-refractivity contribution in [2.45, 2.75) is 39.3 Å². The third kappa shape index (κ3) is 5.43. The van der Waals surface area contributed by atoms with E-state index in [4.69, 9.17) is 0 Å². The Morgan fingerprint density at radius 1 is 1.38 bits per heavy atom. The van der Waals surface area contributed by atoms with Gasteiger partial charge in [-0.15, -0.1) is 0 Å². The summed E-state index contributed by atoms with van der Waals surface area (Å²) in [6.07, 6.45) is 4.60. The zero-order chi connectivity index (χ0) is 16.0. The van der Waals surface area contributed by atoms with E-state index in [1.54, 1.807) is 6.92 Å². The lowest BCUT2D eigenvalue weighted by atomic mass is 10.3. The van der Waals surface area contributed by atoms with Crippen LogP contribution >= 0.6 is 0 Å². The SMILES string of the molecule is CC(C)N(CCCNC(=O)[C@@H](C)n1cncn1)S(C)(=O)=O. The third-order valence-corrected chi connectivity index (χ3v) is 4.53. The van der Waals surface area contributed by atoms with Gasteiger partial charge in [0.05, 0.1) is 6.26 Å². The maximum atomic E-state index is 11.9. The number of carbonyl (C=O) groups excluding carboxylic acids is 1. The molecule has 1 rings (SSSR count). The second-order valence-corrected chi connectivity index (χ2v) is 7.10. The highest BCUT2D eigenvalue weighted by Crippen LogP contribution is 2.06. The van der Waals surface area contributed by atoms with Crippen molar-refractivity contribution in [1.82, 2.24) is 24.4 Å². The van der Waals surface area contributed by atoms with Crippen LogP contribution in [0.5, 0.6) is 0 Å². The van der Waals surface area contributed by atoms with E-state index in [2.05, 4.69) is 15.4 Å². The lowest BCUT2D eigenvalue weighted by molar-refractivity contribution is -0.124. The molecule has 1 aromatic rings. The molecule has 0 unspecified atom stereocenters. The molecule has 8 nitrogen and oxygen atoms in total. The fourth-order valence-electron chi connectivity index (χ4n) is 1.94. The van der Waals surface area contributed by atoms with Gasteiger partial charge in [-0.25, -0.2) is 18.1 Å². The summed E-state index contributed by atoms with van der Waals surface area (Å²) in [7, 11) is -3.22. The predicted molar refractivity (Wildman–Crippen MR) is 79.0 cm³/mol. The summed E-state index contributed by atoms with van der Waals surface area (Å²) in [5, 5.41) is 6.67. The number of aromatic nitrogens is 3. The Hall–Kier alpha value is -1.48. The highest BCUT2D eigenvalue weighted by molar-refractivity contribution is 7.88. The van der Waals surface area contributed by atoms with Crippen molar-refractivity contribution in [2.75, 3.05) is 19.3 Å². The number of amides is 1. The van der Waals surface area contributed by atoms with Crippen LogP contribution in [-0.4, -0.2) is 58.8 Å². The lowest BCUT2D eigenvalue weighted by Crippen LogP contribution is -2.39. The maximum Gasteiger partial charge on any atom is 0.244 e. The van der Waals surface area contributed by atoms with Crippen LogP contribution < -0.4 is 5.32 Å². The van der Waals surface area contributed by atoms with Gasteiger partial charge in [0, 0.05) is 19.1 Å². The molecule has 1 N–H and O–H groups in total. The minimum Gasteiger partial charge on any atom is -0.354 e. The van der Waals surface area contributed by atoms with E-state index in [1.807, 2.05) is 13.8 Å². The summed E-state index contributed by atoms with van der Waals surface area (Å²) < 4.78 is 26.1. The number of nitrogens with one attached hydrogen (secondary N) is 1. The molecule has 120 valence electrons. The van der Waals surface area contributed by atoms with Gasteiger partial charge in [0.2, 0.25) is 15.9 Å². The first-order chi connectivity index (χ1) is 9.73. The number of sulfonamides is 1. The van der Waals surface area contributed by atoms with Gasteiger partial charge in [-0.1, -0.05) is 0 Å². The van der Waals surface area contributed by atoms with Crippen LogP contribution in [-0.2, 0) is 14.8 Å². The summed E-state index contributed by atoms with van der Waals surface area (Å²) in [4.78, 5) is 15.7. The molecule has 9 heteroatoms. The zero-order valence-corrected chi connectivity index (χ0v) is 13.7. The molecule has 1 heterocycles. The molecule has 1 amide bonds. The van der Waals surface area contributed by atoms with Crippen LogP contribution in [0.3, 0.4) is 0 Å². The van der Waals surface area contributed by atoms with Crippen molar-refractivity contribution in [3.63, 3.8) is 0 Å². The Balaban J connectivity index is 2.38. The largest absolute Gasteiger partial charge is 0.354 e. The molecule has 0 saturated carbocycles. The minimum absolute atomic E-state index is 0.0928. The fourth-order valence-corrected chi connectivity index (χ4v) is 3.17. The Morgan fingerprint density at radius 3 is 2.52 bits per heavy atom. The molecule has 0 saturated heterocycles. The summed E-state index contributed by atoms with van der Waals surface area (Å²) in [6, 6.07) is -0.534. The van der Waals surface area contributed by atoms with Crippen LogP contribution in [0, 0.1) is 0 Å².